The number of benzene rings is 2. The van der Waals surface area contributed by atoms with Gasteiger partial charge in [0, 0.05) is 24.1 Å². The number of aliphatic hydroxyl groups excluding tert-OH is 1. The number of nitrogens with one attached hydrogen (secondary N) is 2. The second-order valence-electron chi connectivity index (χ2n) is 7.86. The number of hydrogen-bond donors (Lipinski definition) is 4. The van der Waals surface area contributed by atoms with Crippen molar-refractivity contribution in [1.82, 2.24) is 9.38 Å². The number of nitrogens with two attached hydrogens (primary N) is 1. The number of anilines is 3. The van der Waals surface area contributed by atoms with Gasteiger partial charge in [0.2, 0.25) is 0 Å². The van der Waals surface area contributed by atoms with Crippen molar-refractivity contribution in [2.75, 3.05) is 30.4 Å². The number of pyridine rings is 1. The van der Waals surface area contributed by atoms with E-state index < -0.39 is 11.7 Å². The van der Waals surface area contributed by atoms with E-state index in [1.807, 2.05) is 38.1 Å². The summed E-state index contributed by atoms with van der Waals surface area (Å²) < 4.78 is 21.6. The Balaban J connectivity index is 1.97. The van der Waals surface area contributed by atoms with E-state index in [1.54, 1.807) is 22.6 Å². The minimum Gasteiger partial charge on any atom is -0.483 e. The lowest BCUT2D eigenvalue weighted by molar-refractivity contribution is -0.119. The zero-order chi connectivity index (χ0) is 24.2. The largest absolute Gasteiger partial charge is 0.483 e. The number of halogens is 1. The van der Waals surface area contributed by atoms with Crippen LogP contribution in [0, 0.1) is 19.7 Å². The average Bonchev–Trinajstić information content (AvgIpc) is 3.15. The molecule has 0 spiro atoms. The minimum absolute atomic E-state index is 0.0876. The van der Waals surface area contributed by atoms with E-state index in [0.717, 1.165) is 16.8 Å². The van der Waals surface area contributed by atoms with E-state index in [2.05, 4.69) is 10.6 Å². The topological polar surface area (TPSA) is 114 Å². The molecule has 0 aliphatic carbocycles. The number of ether oxygens (including phenoxy) is 1. The Morgan fingerprint density at radius 2 is 1.88 bits per heavy atom. The van der Waals surface area contributed by atoms with E-state index in [4.69, 9.17) is 15.5 Å². The summed E-state index contributed by atoms with van der Waals surface area (Å²) in [6.45, 7) is 3.84. The maximum Gasteiger partial charge on any atom is 0.255 e. The third-order valence-electron chi connectivity index (χ3n) is 5.37. The molecule has 2 aromatic heterocycles. The van der Waals surface area contributed by atoms with Gasteiger partial charge in [0.05, 0.1) is 12.2 Å². The molecular formula is C25H26FN5O3. The Bertz CT molecular complexity index is 1330. The minimum atomic E-state index is -0.620. The highest BCUT2D eigenvalue weighted by molar-refractivity contribution is 5.91. The molecule has 4 aromatic rings. The van der Waals surface area contributed by atoms with Crippen LogP contribution in [0.5, 0.6) is 5.75 Å². The Kier molecular flexibility index (Phi) is 6.65. The average molecular weight is 464 g/mol. The lowest BCUT2D eigenvalue weighted by Gasteiger charge is -2.18. The Morgan fingerprint density at radius 3 is 2.59 bits per heavy atom. The first-order valence-corrected chi connectivity index (χ1v) is 10.8. The Labute approximate surface area is 196 Å². The van der Waals surface area contributed by atoms with Crippen LogP contribution in [0.3, 0.4) is 0 Å². The van der Waals surface area contributed by atoms with E-state index in [9.17, 15) is 14.3 Å². The molecular weight excluding hydrogens is 437 g/mol. The SMILES string of the molecule is Cc1cccc(C)c1Nc1c(-c2c(NCCO)cccc2OCC(N)=O)nc2ccc(F)cn12. The standard InChI is InChI=1S/C25H26FN5O3/c1-15-5-3-6-16(2)23(15)30-25-24(29-21-10-9-17(26)13-31(21)25)22-18(28-11-12-32)7-4-8-19(22)34-14-20(27)33/h3-10,13,28,30,32H,11-12,14H2,1-2H3,(H2,27,33). The number of aromatic nitrogens is 2. The predicted octanol–water partition coefficient (Wildman–Crippen LogP) is 3.77. The first-order valence-electron chi connectivity index (χ1n) is 10.8. The van der Waals surface area contributed by atoms with Crippen molar-refractivity contribution in [2.45, 2.75) is 13.8 Å². The van der Waals surface area contributed by atoms with E-state index in [-0.39, 0.29) is 19.8 Å². The summed E-state index contributed by atoms with van der Waals surface area (Å²) in [5.41, 5.74) is 10.4. The lowest BCUT2D eigenvalue weighted by Crippen LogP contribution is -2.20. The number of hydrogen-bond acceptors (Lipinski definition) is 6. The molecule has 176 valence electrons. The maximum absolute atomic E-state index is 14.3. The molecule has 0 saturated heterocycles. The molecule has 0 aliphatic heterocycles. The maximum atomic E-state index is 14.3. The lowest BCUT2D eigenvalue weighted by atomic mass is 10.1. The number of fused-ring (bicyclic) bond motifs is 1. The third-order valence-corrected chi connectivity index (χ3v) is 5.37. The number of imidazole rings is 1. The number of amides is 1. The van der Waals surface area contributed by atoms with Gasteiger partial charge in [0.15, 0.2) is 6.61 Å². The van der Waals surface area contributed by atoms with Gasteiger partial charge in [-0.3, -0.25) is 9.20 Å². The fourth-order valence-electron chi connectivity index (χ4n) is 3.82. The van der Waals surface area contributed by atoms with Gasteiger partial charge < -0.3 is 26.2 Å². The fraction of sp³-hybridized carbons (Fsp3) is 0.200. The molecule has 4 rings (SSSR count). The quantitative estimate of drug-likeness (QED) is 0.301. The van der Waals surface area contributed by atoms with Crippen LogP contribution < -0.4 is 21.1 Å². The molecule has 34 heavy (non-hydrogen) atoms. The summed E-state index contributed by atoms with van der Waals surface area (Å²) in [5.74, 6) is -0.146. The summed E-state index contributed by atoms with van der Waals surface area (Å²) in [6, 6.07) is 14.1. The van der Waals surface area contributed by atoms with E-state index >= 15 is 0 Å². The highest BCUT2D eigenvalue weighted by Crippen LogP contribution is 2.42. The molecule has 2 heterocycles. The number of nitrogens with zero attached hydrogens (tertiary/aromatic N) is 2. The fourth-order valence-corrected chi connectivity index (χ4v) is 3.82. The zero-order valence-electron chi connectivity index (χ0n) is 18.9. The number of primary amides is 1. The van der Waals surface area contributed by atoms with Gasteiger partial charge in [-0.25, -0.2) is 9.37 Å². The van der Waals surface area contributed by atoms with Crippen molar-refractivity contribution in [3.63, 3.8) is 0 Å². The van der Waals surface area contributed by atoms with Crippen LogP contribution >= 0.6 is 0 Å². The van der Waals surface area contributed by atoms with Gasteiger partial charge in [-0.2, -0.15) is 0 Å². The van der Waals surface area contributed by atoms with Crippen LogP contribution in [0.1, 0.15) is 11.1 Å². The molecule has 0 atom stereocenters. The van der Waals surface area contributed by atoms with Crippen molar-refractivity contribution in [2.24, 2.45) is 5.73 Å². The summed E-state index contributed by atoms with van der Waals surface area (Å²) in [7, 11) is 0. The number of carbonyl (C=O) groups excluding carboxylic acids is 1. The smallest absolute Gasteiger partial charge is 0.255 e. The van der Waals surface area contributed by atoms with Gasteiger partial charge >= 0.3 is 0 Å². The monoisotopic (exact) mass is 463 g/mol. The summed E-state index contributed by atoms with van der Waals surface area (Å²) in [5, 5.41) is 16.0. The number of para-hydroxylation sites is 1. The second-order valence-corrected chi connectivity index (χ2v) is 7.86. The van der Waals surface area contributed by atoms with Gasteiger partial charge in [-0.15, -0.1) is 0 Å². The van der Waals surface area contributed by atoms with Gasteiger partial charge in [-0.05, 0) is 49.2 Å². The number of carbonyl (C=O) groups is 1. The zero-order valence-corrected chi connectivity index (χ0v) is 18.9. The molecule has 0 aliphatic rings. The first kappa shape index (κ1) is 23.1. The third kappa shape index (κ3) is 4.65. The van der Waals surface area contributed by atoms with Crippen molar-refractivity contribution in [3.8, 4) is 17.0 Å². The molecule has 0 bridgehead atoms. The van der Waals surface area contributed by atoms with Crippen LogP contribution in [0.2, 0.25) is 0 Å². The second kappa shape index (κ2) is 9.80. The van der Waals surface area contributed by atoms with Gasteiger partial charge in [0.1, 0.15) is 28.7 Å². The Hall–Kier alpha value is -4.11. The summed E-state index contributed by atoms with van der Waals surface area (Å²) >= 11 is 0. The Morgan fingerprint density at radius 1 is 1.15 bits per heavy atom. The highest BCUT2D eigenvalue weighted by Gasteiger charge is 2.23. The molecule has 5 N–H and O–H groups in total. The van der Waals surface area contributed by atoms with Crippen LogP contribution in [-0.2, 0) is 4.79 Å². The molecule has 0 unspecified atom stereocenters. The molecule has 0 radical (unpaired) electrons. The summed E-state index contributed by atoms with van der Waals surface area (Å²) in [6.07, 6.45) is 1.36. The van der Waals surface area contributed by atoms with Gasteiger partial charge in [0.25, 0.3) is 5.91 Å². The van der Waals surface area contributed by atoms with Gasteiger partial charge in [-0.1, -0.05) is 24.3 Å². The van der Waals surface area contributed by atoms with Crippen LogP contribution in [-0.4, -0.2) is 40.2 Å². The first-order chi connectivity index (χ1) is 16.4. The summed E-state index contributed by atoms with van der Waals surface area (Å²) in [4.78, 5) is 16.2. The molecule has 0 fully saturated rings. The number of rotatable bonds is 9. The molecule has 9 heteroatoms. The normalized spacial score (nSPS) is 10.9. The predicted molar refractivity (Wildman–Crippen MR) is 130 cm³/mol. The van der Waals surface area contributed by atoms with Crippen LogP contribution in [0.15, 0.2) is 54.7 Å². The van der Waals surface area contributed by atoms with Crippen LogP contribution in [0.25, 0.3) is 16.9 Å². The molecule has 1 amide bonds. The molecule has 2 aromatic carbocycles. The van der Waals surface area contributed by atoms with Crippen molar-refractivity contribution < 1.29 is 19.0 Å². The van der Waals surface area contributed by atoms with E-state index in [1.165, 1.54) is 12.3 Å². The van der Waals surface area contributed by atoms with Crippen LogP contribution in [0.4, 0.5) is 21.6 Å². The molecule has 8 nitrogen and oxygen atoms in total. The van der Waals surface area contributed by atoms with Crippen molar-refractivity contribution in [3.05, 3.63) is 71.7 Å². The van der Waals surface area contributed by atoms with E-state index in [0.29, 0.717) is 34.2 Å². The number of aliphatic hydroxyl groups is 1. The van der Waals surface area contributed by atoms with Crippen molar-refractivity contribution >= 4 is 28.7 Å². The highest BCUT2D eigenvalue weighted by atomic mass is 19.1. The van der Waals surface area contributed by atoms with Crippen molar-refractivity contribution in [1.29, 1.82) is 0 Å². The number of aryl methyl sites for hydroxylation is 2. The molecule has 0 saturated carbocycles.